The fraction of sp³-hybridized carbons (Fsp3) is 0.417. The first-order valence-corrected chi connectivity index (χ1v) is 11.3. The zero-order valence-electron chi connectivity index (χ0n) is 19.7. The summed E-state index contributed by atoms with van der Waals surface area (Å²) in [6.07, 6.45) is 0.411. The van der Waals surface area contributed by atoms with Gasteiger partial charge in [-0.2, -0.15) is 0 Å². The Balaban J connectivity index is 2.22. The summed E-state index contributed by atoms with van der Waals surface area (Å²) >= 11 is 5.98. The van der Waals surface area contributed by atoms with Gasteiger partial charge in [-0.1, -0.05) is 44.5 Å². The second kappa shape index (κ2) is 12.8. The second-order valence-corrected chi connectivity index (χ2v) is 8.53. The summed E-state index contributed by atoms with van der Waals surface area (Å²) in [6, 6.07) is 10.3. The molecule has 1 N–H and O–H groups in total. The number of nitro benzene ring substituents is 1. The minimum Gasteiger partial charge on any atom is -0.490 e. The van der Waals surface area contributed by atoms with Gasteiger partial charge in [0.25, 0.3) is 5.91 Å². The van der Waals surface area contributed by atoms with Gasteiger partial charge in [0.05, 0.1) is 12.0 Å². The molecule has 2 aromatic carbocycles. The molecule has 10 heteroatoms. The van der Waals surface area contributed by atoms with Crippen LogP contribution in [0.1, 0.15) is 32.8 Å². The third-order valence-corrected chi connectivity index (χ3v) is 5.30. The van der Waals surface area contributed by atoms with Crippen molar-refractivity contribution >= 4 is 29.1 Å². The summed E-state index contributed by atoms with van der Waals surface area (Å²) in [5.41, 5.74) is 0.600. The van der Waals surface area contributed by atoms with E-state index in [1.165, 1.54) is 30.2 Å². The molecule has 0 aromatic heterocycles. The van der Waals surface area contributed by atoms with Gasteiger partial charge in [0.1, 0.15) is 11.8 Å². The number of carbonyl (C=O) groups excluding carboxylic acids is 2. The van der Waals surface area contributed by atoms with Gasteiger partial charge >= 0.3 is 5.69 Å². The lowest BCUT2D eigenvalue weighted by atomic mass is 10.1. The molecule has 1 atom stereocenters. The van der Waals surface area contributed by atoms with Gasteiger partial charge in [-0.25, -0.2) is 0 Å². The lowest BCUT2D eigenvalue weighted by Gasteiger charge is -2.30. The van der Waals surface area contributed by atoms with Crippen LogP contribution in [-0.2, 0) is 16.1 Å². The molecule has 0 unspecified atom stereocenters. The van der Waals surface area contributed by atoms with Crippen molar-refractivity contribution in [2.75, 3.05) is 20.3 Å². The molecule has 2 rings (SSSR count). The van der Waals surface area contributed by atoms with Crippen molar-refractivity contribution in [2.45, 2.75) is 39.8 Å². The minimum atomic E-state index is -0.697. The lowest BCUT2D eigenvalue weighted by Crippen LogP contribution is -2.50. The lowest BCUT2D eigenvalue weighted by molar-refractivity contribution is -0.385. The van der Waals surface area contributed by atoms with E-state index in [9.17, 15) is 19.7 Å². The molecule has 9 nitrogen and oxygen atoms in total. The minimum absolute atomic E-state index is 0.0208. The van der Waals surface area contributed by atoms with Crippen LogP contribution in [0.5, 0.6) is 11.5 Å². The third-order valence-electron chi connectivity index (χ3n) is 5.05. The molecule has 0 aliphatic carbocycles. The van der Waals surface area contributed by atoms with E-state index in [1.54, 1.807) is 24.3 Å². The molecule has 0 heterocycles. The summed E-state index contributed by atoms with van der Waals surface area (Å²) < 4.78 is 10.7. The number of carbonyl (C=O) groups is 2. The van der Waals surface area contributed by atoms with E-state index in [4.69, 9.17) is 21.1 Å². The fourth-order valence-corrected chi connectivity index (χ4v) is 3.38. The summed E-state index contributed by atoms with van der Waals surface area (Å²) in [5.74, 6) is -0.122. The van der Waals surface area contributed by atoms with Gasteiger partial charge in [0, 0.05) is 30.2 Å². The van der Waals surface area contributed by atoms with Crippen LogP contribution >= 0.6 is 11.6 Å². The molecule has 0 aliphatic rings. The predicted octanol–water partition coefficient (Wildman–Crippen LogP) is 4.22. The highest BCUT2D eigenvalue weighted by molar-refractivity contribution is 6.30. The summed E-state index contributed by atoms with van der Waals surface area (Å²) in [4.78, 5) is 38.1. The average Bonchev–Trinajstić information content (AvgIpc) is 2.81. The number of nitro groups is 1. The molecule has 0 bridgehead atoms. The molecule has 0 fully saturated rings. The number of hydrogen-bond acceptors (Lipinski definition) is 6. The standard InChI is InChI=1S/C24H30ClN3O6/c1-5-20(24(30)26-13-16(2)3)27(14-17-6-8-18(25)9-7-17)23(29)15-34-19-10-11-21(28(31)32)22(12-19)33-4/h6-12,16,20H,5,13-15H2,1-4H3,(H,26,30)/t20-/m0/s1. The normalized spacial score (nSPS) is 11.6. The molecule has 0 saturated carbocycles. The van der Waals surface area contributed by atoms with Crippen molar-refractivity contribution in [2.24, 2.45) is 5.92 Å². The first-order valence-electron chi connectivity index (χ1n) is 10.9. The molecule has 0 aliphatic heterocycles. The van der Waals surface area contributed by atoms with Gasteiger partial charge in [-0.15, -0.1) is 0 Å². The van der Waals surface area contributed by atoms with Gasteiger partial charge in [0.15, 0.2) is 6.61 Å². The first-order chi connectivity index (χ1) is 16.2. The van der Waals surface area contributed by atoms with E-state index >= 15 is 0 Å². The van der Waals surface area contributed by atoms with Crippen LogP contribution in [-0.4, -0.2) is 47.9 Å². The van der Waals surface area contributed by atoms with Gasteiger partial charge in [0.2, 0.25) is 11.7 Å². The molecular formula is C24H30ClN3O6. The number of amides is 2. The number of benzene rings is 2. The first kappa shape index (κ1) is 26.9. The maximum atomic E-state index is 13.2. The zero-order valence-corrected chi connectivity index (χ0v) is 20.5. The van der Waals surface area contributed by atoms with E-state index in [0.717, 1.165) is 5.56 Å². The Bertz CT molecular complexity index is 997. The Morgan fingerprint density at radius 2 is 1.85 bits per heavy atom. The van der Waals surface area contributed by atoms with E-state index in [1.807, 2.05) is 20.8 Å². The van der Waals surface area contributed by atoms with E-state index in [-0.39, 0.29) is 42.2 Å². The highest BCUT2D eigenvalue weighted by atomic mass is 35.5. The Hall–Kier alpha value is -3.33. The highest BCUT2D eigenvalue weighted by Gasteiger charge is 2.29. The van der Waals surface area contributed by atoms with Crippen molar-refractivity contribution in [3.63, 3.8) is 0 Å². The summed E-state index contributed by atoms with van der Waals surface area (Å²) in [7, 11) is 1.31. The van der Waals surface area contributed by atoms with Crippen molar-refractivity contribution in [3.8, 4) is 11.5 Å². The molecule has 0 radical (unpaired) electrons. The molecule has 2 aromatic rings. The van der Waals surface area contributed by atoms with E-state index < -0.39 is 16.9 Å². The van der Waals surface area contributed by atoms with Crippen LogP contribution in [0.2, 0.25) is 5.02 Å². The SMILES string of the molecule is CC[C@@H](C(=O)NCC(C)C)N(Cc1ccc(Cl)cc1)C(=O)COc1ccc([N+](=O)[O-])c(OC)c1. The average molecular weight is 492 g/mol. The number of hydrogen-bond donors (Lipinski definition) is 1. The number of nitrogens with zero attached hydrogens (tertiary/aromatic N) is 2. The molecule has 184 valence electrons. The maximum absolute atomic E-state index is 13.2. The van der Waals surface area contributed by atoms with Crippen LogP contribution in [0.3, 0.4) is 0 Å². The summed E-state index contributed by atoms with van der Waals surface area (Å²) in [5, 5.41) is 14.5. The Morgan fingerprint density at radius 3 is 2.41 bits per heavy atom. The molecule has 34 heavy (non-hydrogen) atoms. The Labute approximate surface area is 204 Å². The molecular weight excluding hydrogens is 462 g/mol. The number of halogens is 1. The second-order valence-electron chi connectivity index (χ2n) is 8.09. The highest BCUT2D eigenvalue weighted by Crippen LogP contribution is 2.30. The maximum Gasteiger partial charge on any atom is 0.311 e. The van der Waals surface area contributed by atoms with Crippen molar-refractivity contribution in [1.29, 1.82) is 0 Å². The molecule has 0 saturated heterocycles. The zero-order chi connectivity index (χ0) is 25.3. The van der Waals surface area contributed by atoms with E-state index in [0.29, 0.717) is 18.0 Å². The Morgan fingerprint density at radius 1 is 1.18 bits per heavy atom. The molecule has 0 spiro atoms. The van der Waals surface area contributed by atoms with Gasteiger partial charge in [-0.05, 0) is 36.1 Å². The Kier molecular flexibility index (Phi) is 10.1. The van der Waals surface area contributed by atoms with Crippen molar-refractivity contribution < 1.29 is 24.0 Å². The monoisotopic (exact) mass is 491 g/mol. The van der Waals surface area contributed by atoms with Crippen molar-refractivity contribution in [3.05, 3.63) is 63.2 Å². The van der Waals surface area contributed by atoms with Gasteiger partial charge in [-0.3, -0.25) is 19.7 Å². The smallest absolute Gasteiger partial charge is 0.311 e. The molecule has 2 amide bonds. The van der Waals surface area contributed by atoms with Crippen LogP contribution in [0.25, 0.3) is 0 Å². The largest absolute Gasteiger partial charge is 0.490 e. The number of ether oxygens (including phenoxy) is 2. The van der Waals surface area contributed by atoms with Crippen LogP contribution in [0, 0.1) is 16.0 Å². The van der Waals surface area contributed by atoms with E-state index in [2.05, 4.69) is 5.32 Å². The number of nitrogens with one attached hydrogen (secondary N) is 1. The number of rotatable bonds is 12. The van der Waals surface area contributed by atoms with Crippen LogP contribution in [0.15, 0.2) is 42.5 Å². The fourth-order valence-electron chi connectivity index (χ4n) is 3.26. The van der Waals surface area contributed by atoms with Crippen LogP contribution < -0.4 is 14.8 Å². The quantitative estimate of drug-likeness (QED) is 0.351. The third kappa shape index (κ3) is 7.62. The predicted molar refractivity (Wildman–Crippen MR) is 129 cm³/mol. The van der Waals surface area contributed by atoms with Crippen LogP contribution in [0.4, 0.5) is 5.69 Å². The van der Waals surface area contributed by atoms with Crippen molar-refractivity contribution in [1.82, 2.24) is 10.2 Å². The van der Waals surface area contributed by atoms with Gasteiger partial charge < -0.3 is 19.7 Å². The topological polar surface area (TPSA) is 111 Å². The summed E-state index contributed by atoms with van der Waals surface area (Å²) in [6.45, 7) is 6.15. The number of methoxy groups -OCH3 is 1.